The van der Waals surface area contributed by atoms with Gasteiger partial charge in [0.15, 0.2) is 0 Å². The summed E-state index contributed by atoms with van der Waals surface area (Å²) in [5.74, 6) is 0.917. The monoisotopic (exact) mass is 394 g/mol. The molecule has 2 aromatic rings. The normalized spacial score (nSPS) is 14.3. The zero-order chi connectivity index (χ0) is 18.7. The number of nitrogens with zero attached hydrogens (tertiary/aromatic N) is 2. The predicted molar refractivity (Wildman–Crippen MR) is 104 cm³/mol. The number of methoxy groups -OCH3 is 2. The Bertz CT molecular complexity index is 783. The Hall–Kier alpha value is -2.11. The lowest BCUT2D eigenvalue weighted by atomic mass is 10.1. The molecule has 1 heterocycles. The molecule has 5 nitrogen and oxygen atoms in total. The second kappa shape index (κ2) is 8.06. The van der Waals surface area contributed by atoms with Crippen LogP contribution in [0.5, 0.6) is 11.5 Å². The zero-order valence-electron chi connectivity index (χ0n) is 14.7. The number of ether oxygens (including phenoxy) is 2. The van der Waals surface area contributed by atoms with Crippen LogP contribution in [0, 0.1) is 0 Å². The zero-order valence-corrected chi connectivity index (χ0v) is 16.2. The molecule has 0 unspecified atom stereocenters. The summed E-state index contributed by atoms with van der Waals surface area (Å²) in [5, 5.41) is 1.07. The minimum atomic E-state index is -0.101. The average molecular weight is 395 g/mol. The second-order valence-electron chi connectivity index (χ2n) is 5.89. The highest BCUT2D eigenvalue weighted by molar-refractivity contribution is 6.43. The fourth-order valence-corrected chi connectivity index (χ4v) is 3.52. The predicted octanol–water partition coefficient (Wildman–Crippen LogP) is 3.97. The van der Waals surface area contributed by atoms with Crippen molar-refractivity contribution in [1.82, 2.24) is 4.90 Å². The number of halogens is 2. The molecule has 0 spiro atoms. The Morgan fingerprint density at radius 3 is 2.08 bits per heavy atom. The van der Waals surface area contributed by atoms with Crippen LogP contribution in [0.1, 0.15) is 10.4 Å². The highest BCUT2D eigenvalue weighted by Gasteiger charge is 2.27. The Labute approximate surface area is 163 Å². The first-order chi connectivity index (χ1) is 12.6. The van der Waals surface area contributed by atoms with Gasteiger partial charge >= 0.3 is 0 Å². The van der Waals surface area contributed by atoms with Gasteiger partial charge in [-0.05, 0) is 24.3 Å². The van der Waals surface area contributed by atoms with E-state index in [2.05, 4.69) is 4.90 Å². The van der Waals surface area contributed by atoms with Crippen molar-refractivity contribution in [3.05, 3.63) is 52.0 Å². The maximum atomic E-state index is 13.0. The van der Waals surface area contributed by atoms with E-state index >= 15 is 0 Å². The van der Waals surface area contributed by atoms with Crippen molar-refractivity contribution in [2.45, 2.75) is 0 Å². The summed E-state index contributed by atoms with van der Waals surface area (Å²) in [4.78, 5) is 17.0. The molecule has 3 rings (SSSR count). The number of benzene rings is 2. The van der Waals surface area contributed by atoms with Crippen molar-refractivity contribution < 1.29 is 14.3 Å². The minimum absolute atomic E-state index is 0.101. The number of piperazine rings is 1. The molecule has 0 aromatic heterocycles. The summed E-state index contributed by atoms with van der Waals surface area (Å²) in [6.45, 7) is 2.48. The van der Waals surface area contributed by atoms with Gasteiger partial charge < -0.3 is 19.3 Å². The topological polar surface area (TPSA) is 42.0 Å². The SMILES string of the molecule is COc1cccc(OC)c1C(=O)N1CCN(c2cccc(Cl)c2Cl)CC1. The third-order valence-electron chi connectivity index (χ3n) is 4.48. The molecule has 2 aromatic carbocycles. The molecular weight excluding hydrogens is 375 g/mol. The Kier molecular flexibility index (Phi) is 5.79. The van der Waals surface area contributed by atoms with E-state index in [1.165, 1.54) is 0 Å². The van der Waals surface area contributed by atoms with Gasteiger partial charge in [-0.3, -0.25) is 4.79 Å². The van der Waals surface area contributed by atoms with Crippen LogP contribution in [-0.2, 0) is 0 Å². The summed E-state index contributed by atoms with van der Waals surface area (Å²) < 4.78 is 10.7. The van der Waals surface area contributed by atoms with Gasteiger partial charge in [0.2, 0.25) is 0 Å². The maximum absolute atomic E-state index is 13.0. The van der Waals surface area contributed by atoms with Crippen molar-refractivity contribution in [2.75, 3.05) is 45.3 Å². The number of carbonyl (C=O) groups is 1. The molecule has 1 fully saturated rings. The van der Waals surface area contributed by atoms with Crippen LogP contribution in [0.15, 0.2) is 36.4 Å². The summed E-state index contributed by atoms with van der Waals surface area (Å²) in [7, 11) is 3.09. The van der Waals surface area contributed by atoms with Crippen LogP contribution < -0.4 is 14.4 Å². The fraction of sp³-hybridized carbons (Fsp3) is 0.316. The molecule has 26 heavy (non-hydrogen) atoms. The highest BCUT2D eigenvalue weighted by atomic mass is 35.5. The third-order valence-corrected chi connectivity index (χ3v) is 5.29. The molecule has 7 heteroatoms. The minimum Gasteiger partial charge on any atom is -0.496 e. The first-order valence-electron chi connectivity index (χ1n) is 8.26. The van der Waals surface area contributed by atoms with Crippen molar-refractivity contribution in [1.29, 1.82) is 0 Å². The lowest BCUT2D eigenvalue weighted by Crippen LogP contribution is -2.49. The van der Waals surface area contributed by atoms with E-state index in [-0.39, 0.29) is 5.91 Å². The van der Waals surface area contributed by atoms with Gasteiger partial charge in [0.25, 0.3) is 5.91 Å². The molecule has 138 valence electrons. The molecule has 0 bridgehead atoms. The highest BCUT2D eigenvalue weighted by Crippen LogP contribution is 2.34. The lowest BCUT2D eigenvalue weighted by Gasteiger charge is -2.36. The quantitative estimate of drug-likeness (QED) is 0.786. The van der Waals surface area contributed by atoms with Crippen LogP contribution in [-0.4, -0.2) is 51.2 Å². The van der Waals surface area contributed by atoms with Crippen LogP contribution in [0.3, 0.4) is 0 Å². The number of hydrogen-bond donors (Lipinski definition) is 0. The van der Waals surface area contributed by atoms with Gasteiger partial charge in [0.1, 0.15) is 17.1 Å². The Morgan fingerprint density at radius 1 is 0.923 bits per heavy atom. The van der Waals surface area contributed by atoms with E-state index in [1.807, 2.05) is 12.1 Å². The Balaban J connectivity index is 1.76. The number of amides is 1. The molecule has 1 aliphatic heterocycles. The molecule has 1 aliphatic rings. The van der Waals surface area contributed by atoms with Crippen molar-refractivity contribution in [3.63, 3.8) is 0 Å². The fourth-order valence-electron chi connectivity index (χ4n) is 3.11. The third kappa shape index (κ3) is 3.55. The first-order valence-corrected chi connectivity index (χ1v) is 9.01. The molecule has 0 saturated carbocycles. The van der Waals surface area contributed by atoms with E-state index in [4.69, 9.17) is 32.7 Å². The van der Waals surface area contributed by atoms with Crippen molar-refractivity contribution in [2.24, 2.45) is 0 Å². The van der Waals surface area contributed by atoms with Gasteiger partial charge in [0.05, 0.1) is 30.0 Å². The summed E-state index contributed by atoms with van der Waals surface area (Å²) in [6, 6.07) is 10.9. The first kappa shape index (κ1) is 18.7. The van der Waals surface area contributed by atoms with Gasteiger partial charge in [-0.2, -0.15) is 0 Å². The Morgan fingerprint density at radius 2 is 1.50 bits per heavy atom. The van der Waals surface area contributed by atoms with Crippen molar-refractivity contribution >= 4 is 34.8 Å². The molecule has 1 amide bonds. The molecule has 0 aliphatic carbocycles. The largest absolute Gasteiger partial charge is 0.496 e. The molecule has 1 saturated heterocycles. The van der Waals surface area contributed by atoms with Gasteiger partial charge in [-0.15, -0.1) is 0 Å². The van der Waals surface area contributed by atoms with Crippen molar-refractivity contribution in [3.8, 4) is 11.5 Å². The smallest absolute Gasteiger partial charge is 0.261 e. The van der Waals surface area contributed by atoms with Crippen LogP contribution in [0.2, 0.25) is 10.0 Å². The van der Waals surface area contributed by atoms with E-state index < -0.39 is 0 Å². The maximum Gasteiger partial charge on any atom is 0.261 e. The standard InChI is InChI=1S/C19H20Cl2N2O3/c1-25-15-7-4-8-16(26-2)17(15)19(24)23-11-9-22(10-12-23)14-6-3-5-13(20)18(14)21/h3-8H,9-12H2,1-2H3. The molecule has 0 atom stereocenters. The van der Waals surface area contributed by atoms with E-state index in [1.54, 1.807) is 43.4 Å². The molecule has 0 N–H and O–H groups in total. The number of anilines is 1. The molecule has 0 radical (unpaired) electrons. The van der Waals surface area contributed by atoms with Crippen LogP contribution in [0.4, 0.5) is 5.69 Å². The number of rotatable bonds is 4. The average Bonchev–Trinajstić information content (AvgIpc) is 2.69. The summed E-state index contributed by atoms with van der Waals surface area (Å²) >= 11 is 12.4. The van der Waals surface area contributed by atoms with Gasteiger partial charge in [-0.1, -0.05) is 35.3 Å². The summed E-state index contributed by atoms with van der Waals surface area (Å²) in [6.07, 6.45) is 0. The van der Waals surface area contributed by atoms with Gasteiger partial charge in [-0.25, -0.2) is 0 Å². The molecular formula is C19H20Cl2N2O3. The van der Waals surface area contributed by atoms with E-state index in [9.17, 15) is 4.79 Å². The van der Waals surface area contributed by atoms with Crippen LogP contribution in [0.25, 0.3) is 0 Å². The van der Waals surface area contributed by atoms with Gasteiger partial charge in [0, 0.05) is 26.2 Å². The van der Waals surface area contributed by atoms with E-state index in [0.717, 1.165) is 5.69 Å². The lowest BCUT2D eigenvalue weighted by molar-refractivity contribution is 0.0740. The second-order valence-corrected chi connectivity index (χ2v) is 6.67. The van der Waals surface area contributed by atoms with Crippen LogP contribution >= 0.6 is 23.2 Å². The number of hydrogen-bond acceptors (Lipinski definition) is 4. The summed E-state index contributed by atoms with van der Waals surface area (Å²) in [5.41, 5.74) is 1.34. The number of carbonyl (C=O) groups excluding carboxylic acids is 1. The van der Waals surface area contributed by atoms with E-state index in [0.29, 0.717) is 53.3 Å².